The van der Waals surface area contributed by atoms with Gasteiger partial charge in [0, 0.05) is 0 Å². The first kappa shape index (κ1) is 43.5. The highest BCUT2D eigenvalue weighted by atomic mass is 16.8. The molecule has 0 aromatic rings. The summed E-state index contributed by atoms with van der Waals surface area (Å²) in [5, 5.41) is 99.5. The van der Waals surface area contributed by atoms with Crippen molar-refractivity contribution in [3.05, 3.63) is 0 Å². The predicted molar refractivity (Wildman–Crippen MR) is 200 cm³/mol. The van der Waals surface area contributed by atoms with Gasteiger partial charge in [-0.1, -0.05) is 34.6 Å². The minimum atomic E-state index is -1.70. The second-order valence-corrected chi connectivity index (χ2v) is 21.2. The Balaban J connectivity index is 1.26. The summed E-state index contributed by atoms with van der Waals surface area (Å²) < 4.78 is 32.0. The maximum absolute atomic E-state index is 12.4. The van der Waals surface area contributed by atoms with Gasteiger partial charge in [-0.2, -0.15) is 0 Å². The maximum Gasteiger partial charge on any atom is 0.187 e. The molecule has 3 heterocycles. The number of aliphatic hydroxyl groups excluding tert-OH is 8. The summed E-state index contributed by atoms with van der Waals surface area (Å²) in [5.41, 5.74) is -3.36. The van der Waals surface area contributed by atoms with E-state index in [2.05, 4.69) is 41.5 Å². The zero-order valence-corrected chi connectivity index (χ0v) is 34.8. The SMILES string of the molecule is C[C@H]1O[C@@H](O[C@@H]2[C@@H](O[C@@H]3C[C@]4(C)[C@@H](C[C@@H](O)[C@@H]5[C@@H]([C@]6(C)CC[C@H](C(C)(C)O)O6)CC[C@@]54C)[C@@]4(C)CC[C@H](O)C(C)(C)[C@@H]34)O[C@@H](CO)[C@H](O)[C@H]2O)[C@H](O)[C@H](O)[C@@H]1O. The van der Waals surface area contributed by atoms with Gasteiger partial charge >= 0.3 is 0 Å². The van der Waals surface area contributed by atoms with Gasteiger partial charge in [-0.25, -0.2) is 0 Å². The minimum Gasteiger partial charge on any atom is -0.394 e. The molecule has 0 radical (unpaired) electrons. The topological polar surface area (TPSA) is 228 Å². The van der Waals surface area contributed by atoms with E-state index in [1.165, 1.54) is 6.92 Å². The first-order valence-electron chi connectivity index (χ1n) is 21.2. The number of ether oxygens (including phenoxy) is 5. The molecule has 7 fully saturated rings. The first-order chi connectivity index (χ1) is 25.9. The molecule has 3 aliphatic heterocycles. The van der Waals surface area contributed by atoms with Gasteiger partial charge in [-0.05, 0) is 124 Å². The van der Waals surface area contributed by atoms with Gasteiger partial charge in [0.2, 0.25) is 0 Å². The lowest BCUT2D eigenvalue weighted by atomic mass is 9.34. The smallest absolute Gasteiger partial charge is 0.187 e. The standard InChI is InChI=1S/C42H72O14/c1-19-28(46)30(48)32(50)35(52-19)55-33-31(49)29(47)23(18-43)54-36(33)53-22-17-41(8)24(39(6)13-11-25(45)37(2,3)34(22)39)16-21(44)27-20(10-14-40(27,41)7)42(9)15-12-26(56-42)38(4,5)51/h19-36,43-51H,10-18H2,1-9H3/t19-,20+,21-,22-,23+,24+,25+,26-,27+,28-,29+,30-,31-,32-,33+,34-,35+,36+,39-,40+,41-,42+/m1/s1. The van der Waals surface area contributed by atoms with Gasteiger partial charge in [0.1, 0.15) is 42.7 Å². The number of rotatable bonds is 7. The van der Waals surface area contributed by atoms with E-state index in [1.807, 2.05) is 0 Å². The Labute approximate surface area is 331 Å². The third-order valence-corrected chi connectivity index (χ3v) is 17.3. The Morgan fingerprint density at radius 2 is 1.41 bits per heavy atom. The lowest BCUT2D eigenvalue weighted by Gasteiger charge is -2.72. The van der Waals surface area contributed by atoms with Crippen LogP contribution >= 0.6 is 0 Å². The summed E-state index contributed by atoms with van der Waals surface area (Å²) in [6.45, 7) is 17.6. The summed E-state index contributed by atoms with van der Waals surface area (Å²) in [4.78, 5) is 0. The molecular formula is C42H72O14. The molecule has 0 bridgehead atoms. The van der Waals surface area contributed by atoms with Crippen LogP contribution in [0, 0.1) is 45.3 Å². The molecule has 4 saturated carbocycles. The first-order valence-corrected chi connectivity index (χ1v) is 21.2. The summed E-state index contributed by atoms with van der Waals surface area (Å²) in [7, 11) is 0. The van der Waals surface area contributed by atoms with Crippen LogP contribution in [0.3, 0.4) is 0 Å². The van der Waals surface area contributed by atoms with E-state index in [1.54, 1.807) is 13.8 Å². The van der Waals surface area contributed by atoms with E-state index in [4.69, 9.17) is 23.7 Å². The molecule has 9 N–H and O–H groups in total. The molecule has 14 nitrogen and oxygen atoms in total. The summed E-state index contributed by atoms with van der Waals surface area (Å²) in [6, 6.07) is 0. The molecule has 14 heteroatoms. The van der Waals surface area contributed by atoms with Crippen molar-refractivity contribution in [3.8, 4) is 0 Å². The molecular weight excluding hydrogens is 728 g/mol. The van der Waals surface area contributed by atoms with Crippen LogP contribution in [-0.2, 0) is 23.7 Å². The van der Waals surface area contributed by atoms with E-state index in [0.29, 0.717) is 25.7 Å². The zero-order chi connectivity index (χ0) is 41.3. The molecule has 0 aromatic carbocycles. The van der Waals surface area contributed by atoms with Crippen LogP contribution in [0.5, 0.6) is 0 Å². The Morgan fingerprint density at radius 3 is 2.04 bits per heavy atom. The Hall–Kier alpha value is -0.560. The molecule has 0 unspecified atom stereocenters. The van der Waals surface area contributed by atoms with Crippen molar-refractivity contribution < 1.29 is 69.6 Å². The minimum absolute atomic E-state index is 0.0557. The third kappa shape index (κ3) is 6.49. The van der Waals surface area contributed by atoms with Crippen molar-refractivity contribution in [2.75, 3.05) is 6.61 Å². The van der Waals surface area contributed by atoms with E-state index in [9.17, 15) is 46.0 Å². The summed E-state index contributed by atoms with van der Waals surface area (Å²) in [5.74, 6) is -0.246. The highest BCUT2D eigenvalue weighted by Crippen LogP contribution is 2.76. The zero-order valence-electron chi connectivity index (χ0n) is 34.8. The monoisotopic (exact) mass is 800 g/mol. The second-order valence-electron chi connectivity index (χ2n) is 21.2. The van der Waals surface area contributed by atoms with Gasteiger partial charge in [0.05, 0.1) is 48.3 Å². The highest BCUT2D eigenvalue weighted by molar-refractivity contribution is 5.22. The fourth-order valence-corrected chi connectivity index (χ4v) is 14.1. The molecule has 56 heavy (non-hydrogen) atoms. The van der Waals surface area contributed by atoms with Crippen LogP contribution in [0.25, 0.3) is 0 Å². The van der Waals surface area contributed by atoms with Crippen LogP contribution in [0.4, 0.5) is 0 Å². The van der Waals surface area contributed by atoms with Crippen molar-refractivity contribution in [1.82, 2.24) is 0 Å². The van der Waals surface area contributed by atoms with Crippen LogP contribution < -0.4 is 0 Å². The van der Waals surface area contributed by atoms with Crippen LogP contribution in [0.1, 0.15) is 114 Å². The molecule has 0 aromatic heterocycles. The lowest BCUT2D eigenvalue weighted by molar-refractivity contribution is -0.382. The van der Waals surface area contributed by atoms with E-state index < -0.39 is 114 Å². The second kappa shape index (κ2) is 14.5. The third-order valence-electron chi connectivity index (χ3n) is 17.3. The van der Waals surface area contributed by atoms with Crippen molar-refractivity contribution in [1.29, 1.82) is 0 Å². The number of hydrogen-bond acceptors (Lipinski definition) is 14. The van der Waals surface area contributed by atoms with Gasteiger partial charge in [-0.15, -0.1) is 0 Å². The Bertz CT molecular complexity index is 1430. The quantitative estimate of drug-likeness (QED) is 0.166. The van der Waals surface area contributed by atoms with Crippen molar-refractivity contribution in [2.24, 2.45) is 45.3 Å². The summed E-state index contributed by atoms with van der Waals surface area (Å²) >= 11 is 0. The predicted octanol–water partition coefficient (Wildman–Crippen LogP) is 1.36. The molecule has 0 amide bonds. The number of aliphatic hydroxyl groups is 9. The van der Waals surface area contributed by atoms with E-state index in [0.717, 1.165) is 25.7 Å². The highest BCUT2D eigenvalue weighted by Gasteiger charge is 2.74. The molecule has 7 aliphatic rings. The molecule has 3 saturated heterocycles. The normalized spacial score (nSPS) is 57.3. The van der Waals surface area contributed by atoms with E-state index in [-0.39, 0.29) is 35.2 Å². The maximum atomic E-state index is 12.4. The number of fused-ring (bicyclic) bond motifs is 5. The fraction of sp³-hybridized carbons (Fsp3) is 1.00. The molecule has 324 valence electrons. The van der Waals surface area contributed by atoms with Gasteiger partial charge in [0.15, 0.2) is 12.6 Å². The van der Waals surface area contributed by atoms with Crippen molar-refractivity contribution >= 4 is 0 Å². The number of hydrogen-bond donors (Lipinski definition) is 9. The lowest BCUT2D eigenvalue weighted by Crippen LogP contribution is -2.71. The molecule has 4 aliphatic carbocycles. The summed E-state index contributed by atoms with van der Waals surface area (Å²) in [6.07, 6.45) is -11.0. The molecule has 22 atom stereocenters. The van der Waals surface area contributed by atoms with Gasteiger partial charge < -0.3 is 69.6 Å². The largest absolute Gasteiger partial charge is 0.394 e. The fourth-order valence-electron chi connectivity index (χ4n) is 14.1. The van der Waals surface area contributed by atoms with Crippen molar-refractivity contribution in [2.45, 2.75) is 211 Å². The average Bonchev–Trinajstić information content (AvgIpc) is 3.71. The van der Waals surface area contributed by atoms with Gasteiger partial charge in [0.25, 0.3) is 0 Å². The van der Waals surface area contributed by atoms with Crippen LogP contribution in [-0.4, -0.2) is 150 Å². The van der Waals surface area contributed by atoms with Crippen molar-refractivity contribution in [3.63, 3.8) is 0 Å². The average molecular weight is 801 g/mol. The van der Waals surface area contributed by atoms with Gasteiger partial charge in [-0.3, -0.25) is 0 Å². The van der Waals surface area contributed by atoms with Crippen LogP contribution in [0.15, 0.2) is 0 Å². The molecule has 7 rings (SSSR count). The Kier molecular flexibility index (Phi) is 11.3. The van der Waals surface area contributed by atoms with Crippen LogP contribution in [0.2, 0.25) is 0 Å². The Morgan fingerprint density at radius 1 is 0.732 bits per heavy atom. The van der Waals surface area contributed by atoms with E-state index >= 15 is 0 Å². The molecule has 0 spiro atoms.